The molecule has 9 heteroatoms. The van der Waals surface area contributed by atoms with Crippen LogP contribution in [-0.2, 0) is 27.8 Å². The lowest BCUT2D eigenvalue weighted by Crippen LogP contribution is -2.24. The van der Waals surface area contributed by atoms with Crippen LogP contribution in [-0.4, -0.2) is 27.4 Å². The summed E-state index contributed by atoms with van der Waals surface area (Å²) >= 11 is 0. The highest BCUT2D eigenvalue weighted by atomic mass is 32.2. The molecule has 0 aliphatic carbocycles. The van der Waals surface area contributed by atoms with Gasteiger partial charge in [-0.3, -0.25) is 4.79 Å². The van der Waals surface area contributed by atoms with E-state index < -0.39 is 16.0 Å². The molecule has 1 amide bonds. The molecule has 0 atom stereocenters. The number of hydrogen-bond acceptors (Lipinski definition) is 6. The molecule has 3 rings (SSSR count). The first-order chi connectivity index (χ1) is 14.4. The number of furan rings is 1. The number of hydrogen-bond donors (Lipinski definition) is 2. The number of nitrogens with one attached hydrogen (secondary N) is 2. The monoisotopic (exact) mass is 428 g/mol. The minimum absolute atomic E-state index is 0.0341. The smallest absolute Gasteiger partial charge is 0.337 e. The number of benzene rings is 2. The van der Waals surface area contributed by atoms with Crippen LogP contribution in [0.3, 0.4) is 0 Å². The summed E-state index contributed by atoms with van der Waals surface area (Å²) in [5.74, 6) is -0.284. The summed E-state index contributed by atoms with van der Waals surface area (Å²) in [5, 5.41) is 2.75. The lowest BCUT2D eigenvalue weighted by molar-refractivity contribution is 0.0600. The Bertz CT molecular complexity index is 1110. The van der Waals surface area contributed by atoms with Crippen LogP contribution in [0.25, 0.3) is 0 Å². The molecule has 0 saturated heterocycles. The third kappa shape index (κ3) is 5.34. The van der Waals surface area contributed by atoms with Gasteiger partial charge in [0, 0.05) is 12.1 Å². The number of ether oxygens (including phenoxy) is 1. The Labute approximate surface area is 173 Å². The zero-order valence-electron chi connectivity index (χ0n) is 16.1. The van der Waals surface area contributed by atoms with Crippen molar-refractivity contribution in [3.8, 4) is 0 Å². The lowest BCUT2D eigenvalue weighted by atomic mass is 10.1. The summed E-state index contributed by atoms with van der Waals surface area (Å²) in [6.45, 7) is 0.289. The normalized spacial score (nSPS) is 11.1. The molecule has 30 heavy (non-hydrogen) atoms. The number of sulfonamides is 1. The molecule has 0 fully saturated rings. The zero-order chi connectivity index (χ0) is 21.6. The minimum Gasteiger partial charge on any atom is -0.468 e. The second kappa shape index (κ2) is 9.38. The Morgan fingerprint density at radius 1 is 0.933 bits per heavy atom. The van der Waals surface area contributed by atoms with Crippen LogP contribution in [0.4, 0.5) is 0 Å². The fourth-order valence-electron chi connectivity index (χ4n) is 2.61. The van der Waals surface area contributed by atoms with Gasteiger partial charge in [0.25, 0.3) is 5.91 Å². The average Bonchev–Trinajstić information content (AvgIpc) is 3.30. The molecule has 2 aromatic carbocycles. The molecule has 0 unspecified atom stereocenters. The fraction of sp³-hybridized carbons (Fsp3) is 0.143. The topological polar surface area (TPSA) is 115 Å². The van der Waals surface area contributed by atoms with Gasteiger partial charge < -0.3 is 14.5 Å². The largest absolute Gasteiger partial charge is 0.468 e. The van der Waals surface area contributed by atoms with Crippen LogP contribution in [0.15, 0.2) is 76.2 Å². The van der Waals surface area contributed by atoms with Crippen molar-refractivity contribution in [3.05, 3.63) is 89.4 Å². The molecule has 0 aliphatic heterocycles. The van der Waals surface area contributed by atoms with Gasteiger partial charge in [-0.1, -0.05) is 12.1 Å². The molecule has 1 aromatic heterocycles. The summed E-state index contributed by atoms with van der Waals surface area (Å²) in [6, 6.07) is 15.6. The van der Waals surface area contributed by atoms with Crippen LogP contribution in [0, 0.1) is 0 Å². The fourth-order valence-corrected chi connectivity index (χ4v) is 3.60. The van der Waals surface area contributed by atoms with Gasteiger partial charge in [0.05, 0.1) is 30.4 Å². The van der Waals surface area contributed by atoms with Gasteiger partial charge in [0.2, 0.25) is 10.0 Å². The number of amides is 1. The van der Waals surface area contributed by atoms with E-state index in [1.807, 2.05) is 0 Å². The van der Waals surface area contributed by atoms with E-state index in [4.69, 9.17) is 4.42 Å². The SMILES string of the molecule is COC(=O)c1ccc(CNC(=O)c2ccc(S(=O)(=O)NCc3ccco3)cc2)cc1. The van der Waals surface area contributed by atoms with E-state index >= 15 is 0 Å². The summed E-state index contributed by atoms with van der Waals surface area (Å²) in [6.07, 6.45) is 1.46. The van der Waals surface area contributed by atoms with Crippen molar-refractivity contribution in [1.29, 1.82) is 0 Å². The predicted molar refractivity (Wildman–Crippen MR) is 108 cm³/mol. The van der Waals surface area contributed by atoms with E-state index in [0.29, 0.717) is 16.9 Å². The molecule has 156 valence electrons. The Morgan fingerprint density at radius 2 is 1.60 bits per heavy atom. The Morgan fingerprint density at radius 3 is 2.20 bits per heavy atom. The number of carbonyl (C=O) groups excluding carboxylic acids is 2. The predicted octanol–water partition coefficient (Wildman–Crippen LogP) is 2.47. The van der Waals surface area contributed by atoms with Crippen LogP contribution in [0.1, 0.15) is 32.0 Å². The summed E-state index contributed by atoms with van der Waals surface area (Å²) in [7, 11) is -2.42. The van der Waals surface area contributed by atoms with Crippen molar-refractivity contribution in [2.45, 2.75) is 18.0 Å². The van der Waals surface area contributed by atoms with Gasteiger partial charge in [-0.25, -0.2) is 17.9 Å². The molecule has 0 bridgehead atoms. The highest BCUT2D eigenvalue weighted by Crippen LogP contribution is 2.12. The van der Waals surface area contributed by atoms with Gasteiger partial charge in [-0.05, 0) is 54.1 Å². The standard InChI is InChI=1S/C21H20N2O6S/c1-28-21(25)17-6-4-15(5-7-17)13-22-20(24)16-8-10-19(11-9-16)30(26,27)23-14-18-3-2-12-29-18/h2-12,23H,13-14H2,1H3,(H,22,24). The molecule has 3 aromatic rings. The lowest BCUT2D eigenvalue weighted by Gasteiger charge is -2.08. The second-order valence-electron chi connectivity index (χ2n) is 6.30. The molecule has 0 spiro atoms. The Kier molecular flexibility index (Phi) is 6.65. The van der Waals surface area contributed by atoms with E-state index in [0.717, 1.165) is 5.56 Å². The number of rotatable bonds is 8. The van der Waals surface area contributed by atoms with Crippen LogP contribution in [0.5, 0.6) is 0 Å². The van der Waals surface area contributed by atoms with Crippen molar-refractivity contribution in [1.82, 2.24) is 10.0 Å². The van der Waals surface area contributed by atoms with Gasteiger partial charge in [0.1, 0.15) is 5.76 Å². The van der Waals surface area contributed by atoms with Crippen LogP contribution in [0.2, 0.25) is 0 Å². The highest BCUT2D eigenvalue weighted by Gasteiger charge is 2.15. The van der Waals surface area contributed by atoms with E-state index in [1.165, 1.54) is 37.6 Å². The average molecular weight is 428 g/mol. The highest BCUT2D eigenvalue weighted by molar-refractivity contribution is 7.89. The third-order valence-electron chi connectivity index (χ3n) is 4.27. The number of methoxy groups -OCH3 is 1. The zero-order valence-corrected chi connectivity index (χ0v) is 16.9. The summed E-state index contributed by atoms with van der Waals surface area (Å²) < 4.78 is 36.8. The Balaban J connectivity index is 1.57. The van der Waals surface area contributed by atoms with E-state index in [9.17, 15) is 18.0 Å². The number of esters is 1. The quantitative estimate of drug-likeness (QED) is 0.533. The van der Waals surface area contributed by atoms with Crippen molar-refractivity contribution in [2.75, 3.05) is 7.11 Å². The van der Waals surface area contributed by atoms with Crippen molar-refractivity contribution in [2.24, 2.45) is 0 Å². The molecule has 2 N–H and O–H groups in total. The first kappa shape index (κ1) is 21.3. The summed E-state index contributed by atoms with van der Waals surface area (Å²) in [4.78, 5) is 23.8. The van der Waals surface area contributed by atoms with Gasteiger partial charge in [-0.2, -0.15) is 0 Å². The molecular formula is C21H20N2O6S. The van der Waals surface area contributed by atoms with Crippen molar-refractivity contribution in [3.63, 3.8) is 0 Å². The maximum Gasteiger partial charge on any atom is 0.337 e. The molecule has 8 nitrogen and oxygen atoms in total. The molecule has 0 saturated carbocycles. The van der Waals surface area contributed by atoms with Crippen LogP contribution < -0.4 is 10.0 Å². The second-order valence-corrected chi connectivity index (χ2v) is 8.07. The minimum atomic E-state index is -3.73. The maximum absolute atomic E-state index is 12.3. The van der Waals surface area contributed by atoms with E-state index in [2.05, 4.69) is 14.8 Å². The third-order valence-corrected chi connectivity index (χ3v) is 5.69. The van der Waals surface area contributed by atoms with Crippen molar-refractivity contribution < 1.29 is 27.2 Å². The first-order valence-electron chi connectivity index (χ1n) is 8.96. The van der Waals surface area contributed by atoms with Crippen molar-refractivity contribution >= 4 is 21.9 Å². The molecule has 1 heterocycles. The van der Waals surface area contributed by atoms with Gasteiger partial charge >= 0.3 is 5.97 Å². The van der Waals surface area contributed by atoms with Crippen LogP contribution >= 0.6 is 0 Å². The molecule has 0 aliphatic rings. The summed E-state index contributed by atoms with van der Waals surface area (Å²) in [5.41, 5.74) is 1.55. The van der Waals surface area contributed by atoms with E-state index in [-0.39, 0.29) is 23.9 Å². The van der Waals surface area contributed by atoms with Gasteiger partial charge in [0.15, 0.2) is 0 Å². The van der Waals surface area contributed by atoms with Gasteiger partial charge in [-0.15, -0.1) is 0 Å². The molecular weight excluding hydrogens is 408 g/mol. The maximum atomic E-state index is 12.3. The number of carbonyl (C=O) groups is 2. The molecule has 0 radical (unpaired) electrons. The Hall–Kier alpha value is -3.43. The first-order valence-corrected chi connectivity index (χ1v) is 10.4. The van der Waals surface area contributed by atoms with E-state index in [1.54, 1.807) is 36.4 Å².